The van der Waals surface area contributed by atoms with Gasteiger partial charge in [0.05, 0.1) is 12.7 Å². The van der Waals surface area contributed by atoms with E-state index in [9.17, 15) is 0 Å². The molecule has 0 fully saturated rings. The minimum absolute atomic E-state index is 0.543. The fourth-order valence-electron chi connectivity index (χ4n) is 3.08. The van der Waals surface area contributed by atoms with E-state index < -0.39 is 0 Å². The molecule has 0 aliphatic heterocycles. The van der Waals surface area contributed by atoms with Crippen LogP contribution in [0.5, 0.6) is 0 Å². The Morgan fingerprint density at radius 2 is 1.88 bits per heavy atom. The molecule has 0 bridgehead atoms. The Morgan fingerprint density at radius 3 is 2.77 bits per heavy atom. The average Bonchev–Trinajstić information content (AvgIpc) is 3.27. The highest BCUT2D eigenvalue weighted by atomic mass is 79.9. The summed E-state index contributed by atoms with van der Waals surface area (Å²) < 4.78 is 8.87. The van der Waals surface area contributed by atoms with E-state index >= 15 is 0 Å². The number of fused-ring (bicyclic) bond motifs is 3. The van der Waals surface area contributed by atoms with Crippen molar-refractivity contribution in [2.45, 2.75) is 6.54 Å². The summed E-state index contributed by atoms with van der Waals surface area (Å²) in [5.74, 6) is 1.62. The van der Waals surface area contributed by atoms with Gasteiger partial charge >= 0.3 is 0 Å². The van der Waals surface area contributed by atoms with E-state index in [0.29, 0.717) is 12.1 Å². The molecular formula is C20H13BrN4O. The van der Waals surface area contributed by atoms with E-state index in [0.717, 1.165) is 38.2 Å². The molecule has 0 aliphatic carbocycles. The molecule has 5 aromatic rings. The van der Waals surface area contributed by atoms with Gasteiger partial charge in [0.25, 0.3) is 0 Å². The number of imidazole rings is 1. The second-order valence-corrected chi connectivity index (χ2v) is 6.90. The first-order valence-corrected chi connectivity index (χ1v) is 8.97. The summed E-state index contributed by atoms with van der Waals surface area (Å²) in [5.41, 5.74) is 3.39. The van der Waals surface area contributed by atoms with E-state index in [-0.39, 0.29) is 0 Å². The highest BCUT2D eigenvalue weighted by molar-refractivity contribution is 9.10. The van der Waals surface area contributed by atoms with Gasteiger partial charge in [0, 0.05) is 27.8 Å². The monoisotopic (exact) mass is 404 g/mol. The van der Waals surface area contributed by atoms with Crippen molar-refractivity contribution in [2.75, 3.05) is 0 Å². The van der Waals surface area contributed by atoms with Crippen LogP contribution < -0.4 is 0 Å². The third kappa shape index (κ3) is 2.59. The van der Waals surface area contributed by atoms with E-state index in [2.05, 4.69) is 30.5 Å². The SMILES string of the molecule is Brc1ccc2oc3cnc(Cn4ccnc4-c4ccccc4)nc3c2c1. The second kappa shape index (κ2) is 6.07. The van der Waals surface area contributed by atoms with Crippen LogP contribution in [-0.2, 0) is 6.54 Å². The molecule has 0 amide bonds. The Balaban J connectivity index is 1.58. The predicted octanol–water partition coefficient (Wildman–Crippen LogP) is 5.05. The summed E-state index contributed by atoms with van der Waals surface area (Å²) in [6, 6.07) is 16.0. The number of benzene rings is 2. The minimum Gasteiger partial charge on any atom is -0.453 e. The number of furan rings is 1. The van der Waals surface area contributed by atoms with Crippen molar-refractivity contribution < 1.29 is 4.42 Å². The first-order valence-electron chi connectivity index (χ1n) is 8.18. The molecule has 5 nitrogen and oxygen atoms in total. The van der Waals surface area contributed by atoms with Crippen molar-refractivity contribution in [2.24, 2.45) is 0 Å². The fourth-order valence-corrected chi connectivity index (χ4v) is 3.44. The van der Waals surface area contributed by atoms with Crippen LogP contribution in [0.4, 0.5) is 0 Å². The van der Waals surface area contributed by atoms with Gasteiger partial charge in [-0.2, -0.15) is 0 Å². The summed E-state index contributed by atoms with van der Waals surface area (Å²) in [6.45, 7) is 0.543. The lowest BCUT2D eigenvalue weighted by Gasteiger charge is -2.07. The summed E-state index contributed by atoms with van der Waals surface area (Å²) >= 11 is 3.51. The molecule has 0 unspecified atom stereocenters. The molecule has 3 heterocycles. The number of aromatic nitrogens is 4. The Kier molecular flexibility index (Phi) is 3.57. The number of halogens is 1. The van der Waals surface area contributed by atoms with E-state index in [1.165, 1.54) is 0 Å². The standard InChI is InChI=1S/C20H13BrN4O/c21-14-6-7-16-15(10-14)19-17(26-16)11-23-18(24-19)12-25-9-8-22-20(25)13-4-2-1-3-5-13/h1-11H,12H2. The van der Waals surface area contributed by atoms with Crippen molar-refractivity contribution >= 4 is 38.0 Å². The van der Waals surface area contributed by atoms with Crippen molar-refractivity contribution in [1.29, 1.82) is 0 Å². The minimum atomic E-state index is 0.543. The lowest BCUT2D eigenvalue weighted by molar-refractivity contribution is 0.662. The topological polar surface area (TPSA) is 56.7 Å². The van der Waals surface area contributed by atoms with E-state index in [4.69, 9.17) is 9.40 Å². The molecule has 0 saturated carbocycles. The number of hydrogen-bond donors (Lipinski definition) is 0. The van der Waals surface area contributed by atoms with Crippen LogP contribution in [0.1, 0.15) is 5.82 Å². The summed E-state index contributed by atoms with van der Waals surface area (Å²) in [6.07, 6.45) is 5.48. The largest absolute Gasteiger partial charge is 0.453 e. The number of rotatable bonds is 3. The van der Waals surface area contributed by atoms with Gasteiger partial charge in [0.2, 0.25) is 0 Å². The van der Waals surface area contributed by atoms with Crippen molar-refractivity contribution in [1.82, 2.24) is 19.5 Å². The average molecular weight is 405 g/mol. The lowest BCUT2D eigenvalue weighted by Crippen LogP contribution is -2.05. The van der Waals surface area contributed by atoms with Gasteiger partial charge < -0.3 is 8.98 Å². The zero-order valence-corrected chi connectivity index (χ0v) is 15.2. The van der Waals surface area contributed by atoms with E-state index in [1.54, 1.807) is 12.4 Å². The van der Waals surface area contributed by atoms with Crippen LogP contribution in [0.25, 0.3) is 33.5 Å². The fraction of sp³-hybridized carbons (Fsp3) is 0.0500. The molecule has 3 aromatic heterocycles. The van der Waals surface area contributed by atoms with Gasteiger partial charge in [-0.1, -0.05) is 46.3 Å². The van der Waals surface area contributed by atoms with Gasteiger partial charge in [0.1, 0.15) is 22.7 Å². The highest BCUT2D eigenvalue weighted by Crippen LogP contribution is 2.29. The second-order valence-electron chi connectivity index (χ2n) is 5.99. The molecule has 6 heteroatoms. The van der Waals surface area contributed by atoms with Crippen molar-refractivity contribution in [3.63, 3.8) is 0 Å². The Hall–Kier alpha value is -2.99. The number of hydrogen-bond acceptors (Lipinski definition) is 4. The maximum absolute atomic E-state index is 5.83. The molecule has 0 N–H and O–H groups in total. The Bertz CT molecular complexity index is 1230. The van der Waals surface area contributed by atoms with Crippen LogP contribution >= 0.6 is 15.9 Å². The first kappa shape index (κ1) is 15.3. The summed E-state index contributed by atoms with van der Waals surface area (Å²) in [7, 11) is 0. The van der Waals surface area contributed by atoms with E-state index in [1.807, 2.05) is 54.7 Å². The molecule has 126 valence electrons. The summed E-state index contributed by atoms with van der Waals surface area (Å²) in [5, 5.41) is 0.979. The molecule has 0 aliphatic rings. The van der Waals surface area contributed by atoms with Crippen molar-refractivity contribution in [3.05, 3.63) is 77.4 Å². The molecule has 0 saturated heterocycles. The van der Waals surface area contributed by atoms with Gasteiger partial charge in [-0.3, -0.25) is 0 Å². The molecule has 0 spiro atoms. The van der Waals surface area contributed by atoms with Crippen LogP contribution in [0.3, 0.4) is 0 Å². The molecular weight excluding hydrogens is 392 g/mol. The Labute approximate surface area is 157 Å². The van der Waals surface area contributed by atoms with Crippen LogP contribution in [-0.4, -0.2) is 19.5 Å². The van der Waals surface area contributed by atoms with Gasteiger partial charge in [-0.05, 0) is 18.2 Å². The zero-order chi connectivity index (χ0) is 17.5. The Morgan fingerprint density at radius 1 is 1.00 bits per heavy atom. The third-order valence-electron chi connectivity index (χ3n) is 4.28. The molecule has 2 aromatic carbocycles. The normalized spacial score (nSPS) is 11.4. The third-order valence-corrected chi connectivity index (χ3v) is 4.77. The van der Waals surface area contributed by atoms with Crippen molar-refractivity contribution in [3.8, 4) is 11.4 Å². The zero-order valence-electron chi connectivity index (χ0n) is 13.6. The highest BCUT2D eigenvalue weighted by Gasteiger charge is 2.12. The van der Waals surface area contributed by atoms with Gasteiger partial charge in [0.15, 0.2) is 5.58 Å². The van der Waals surface area contributed by atoms with Gasteiger partial charge in [-0.25, -0.2) is 15.0 Å². The predicted molar refractivity (Wildman–Crippen MR) is 104 cm³/mol. The summed E-state index contributed by atoms with van der Waals surface area (Å²) in [4.78, 5) is 13.7. The molecule has 0 radical (unpaired) electrons. The molecule has 5 rings (SSSR count). The quantitative estimate of drug-likeness (QED) is 0.422. The first-order chi connectivity index (χ1) is 12.8. The van der Waals surface area contributed by atoms with Crippen LogP contribution in [0.15, 0.2) is 76.0 Å². The smallest absolute Gasteiger partial charge is 0.172 e. The lowest BCUT2D eigenvalue weighted by atomic mass is 10.2. The maximum atomic E-state index is 5.83. The number of nitrogens with zero attached hydrogens (tertiary/aromatic N) is 4. The van der Waals surface area contributed by atoms with Crippen LogP contribution in [0.2, 0.25) is 0 Å². The van der Waals surface area contributed by atoms with Gasteiger partial charge in [-0.15, -0.1) is 0 Å². The molecule has 0 atom stereocenters. The van der Waals surface area contributed by atoms with Crippen LogP contribution in [0, 0.1) is 0 Å². The molecule has 26 heavy (non-hydrogen) atoms. The maximum Gasteiger partial charge on any atom is 0.172 e.